The molecule has 0 spiro atoms. The van der Waals surface area contributed by atoms with Crippen LogP contribution in [0.2, 0.25) is 0 Å². The van der Waals surface area contributed by atoms with Crippen LogP contribution in [0, 0.1) is 0 Å². The number of phenols is 1. The standard InChI is InChI=1S/C21H20N2OS/c1-14(21-22-18-9-5-6-10-20(18)25-21)23(2)13-17-16-8-4-3-7-15(16)11-12-19(17)24/h3-12,14,24H,13H2,1-2H3/t14-/m0/s1. The van der Waals surface area contributed by atoms with Crippen molar-refractivity contribution >= 4 is 32.3 Å². The van der Waals surface area contributed by atoms with Gasteiger partial charge in [-0.2, -0.15) is 0 Å². The van der Waals surface area contributed by atoms with Crippen molar-refractivity contribution < 1.29 is 5.11 Å². The fourth-order valence-corrected chi connectivity index (χ4v) is 4.22. The minimum Gasteiger partial charge on any atom is -0.508 e. The number of aromatic hydroxyl groups is 1. The Balaban J connectivity index is 1.65. The quantitative estimate of drug-likeness (QED) is 0.540. The molecule has 0 radical (unpaired) electrons. The highest BCUT2D eigenvalue weighted by Crippen LogP contribution is 2.33. The van der Waals surface area contributed by atoms with Crippen molar-refractivity contribution in [1.29, 1.82) is 0 Å². The number of rotatable bonds is 4. The molecule has 126 valence electrons. The Labute approximate surface area is 151 Å². The maximum atomic E-state index is 10.4. The van der Waals surface area contributed by atoms with Gasteiger partial charge < -0.3 is 5.11 Å². The molecule has 4 rings (SSSR count). The van der Waals surface area contributed by atoms with Crippen LogP contribution in [0.3, 0.4) is 0 Å². The van der Waals surface area contributed by atoms with Gasteiger partial charge in [0.05, 0.1) is 16.3 Å². The number of fused-ring (bicyclic) bond motifs is 2. The van der Waals surface area contributed by atoms with Crippen molar-refractivity contribution in [3.63, 3.8) is 0 Å². The van der Waals surface area contributed by atoms with Gasteiger partial charge in [0.1, 0.15) is 10.8 Å². The zero-order valence-corrected chi connectivity index (χ0v) is 15.1. The molecule has 0 bridgehead atoms. The topological polar surface area (TPSA) is 36.4 Å². The van der Waals surface area contributed by atoms with Crippen LogP contribution < -0.4 is 0 Å². The molecule has 1 N–H and O–H groups in total. The molecule has 0 saturated heterocycles. The molecule has 1 heterocycles. The van der Waals surface area contributed by atoms with Gasteiger partial charge in [0, 0.05) is 12.1 Å². The Morgan fingerprint density at radius 3 is 2.64 bits per heavy atom. The van der Waals surface area contributed by atoms with Crippen molar-refractivity contribution in [3.8, 4) is 5.75 Å². The average molecular weight is 348 g/mol. The van der Waals surface area contributed by atoms with Crippen molar-refractivity contribution in [2.45, 2.75) is 19.5 Å². The number of para-hydroxylation sites is 1. The van der Waals surface area contributed by atoms with Crippen LogP contribution in [0.15, 0.2) is 60.7 Å². The van der Waals surface area contributed by atoms with Crippen LogP contribution in [0.1, 0.15) is 23.5 Å². The third kappa shape index (κ3) is 2.99. The molecule has 0 saturated carbocycles. The van der Waals surface area contributed by atoms with Crippen molar-refractivity contribution in [2.24, 2.45) is 0 Å². The molecule has 3 aromatic carbocycles. The number of thiazole rings is 1. The van der Waals surface area contributed by atoms with E-state index in [0.29, 0.717) is 12.3 Å². The van der Waals surface area contributed by atoms with E-state index in [4.69, 9.17) is 4.98 Å². The molecule has 1 aromatic heterocycles. The Hall–Kier alpha value is -2.43. The summed E-state index contributed by atoms with van der Waals surface area (Å²) in [6, 6.07) is 20.4. The molecule has 4 aromatic rings. The van der Waals surface area contributed by atoms with Crippen LogP contribution in [0.25, 0.3) is 21.0 Å². The third-order valence-electron chi connectivity index (χ3n) is 4.75. The van der Waals surface area contributed by atoms with Gasteiger partial charge in [0.25, 0.3) is 0 Å². The van der Waals surface area contributed by atoms with Crippen molar-refractivity contribution in [2.75, 3.05) is 7.05 Å². The predicted molar refractivity (Wildman–Crippen MR) is 105 cm³/mol. The van der Waals surface area contributed by atoms with Gasteiger partial charge in [0.2, 0.25) is 0 Å². The summed E-state index contributed by atoms with van der Waals surface area (Å²) in [5.74, 6) is 0.349. The summed E-state index contributed by atoms with van der Waals surface area (Å²) < 4.78 is 1.21. The molecule has 0 fully saturated rings. The van der Waals surface area contributed by atoms with E-state index in [9.17, 15) is 5.11 Å². The van der Waals surface area contributed by atoms with E-state index in [2.05, 4.69) is 43.1 Å². The molecule has 3 nitrogen and oxygen atoms in total. The summed E-state index contributed by atoms with van der Waals surface area (Å²) in [6.45, 7) is 2.84. The van der Waals surface area contributed by atoms with Crippen LogP contribution in [-0.2, 0) is 6.54 Å². The molecular weight excluding hydrogens is 328 g/mol. The first-order chi connectivity index (χ1) is 12.1. The lowest BCUT2D eigenvalue weighted by Crippen LogP contribution is -2.22. The van der Waals surface area contributed by atoms with Gasteiger partial charge in [-0.3, -0.25) is 4.90 Å². The van der Waals surface area contributed by atoms with Gasteiger partial charge >= 0.3 is 0 Å². The van der Waals surface area contributed by atoms with Gasteiger partial charge in [-0.15, -0.1) is 11.3 Å². The lowest BCUT2D eigenvalue weighted by atomic mass is 10.0. The minimum absolute atomic E-state index is 0.177. The van der Waals surface area contributed by atoms with Crippen LogP contribution >= 0.6 is 11.3 Å². The van der Waals surface area contributed by atoms with Crippen LogP contribution in [-0.4, -0.2) is 22.0 Å². The molecule has 1 atom stereocenters. The molecule has 0 aliphatic heterocycles. The summed E-state index contributed by atoms with van der Waals surface area (Å²) in [6.07, 6.45) is 0. The number of benzene rings is 3. The van der Waals surface area contributed by atoms with Crippen LogP contribution in [0.5, 0.6) is 5.75 Å². The number of hydrogen-bond acceptors (Lipinski definition) is 4. The zero-order chi connectivity index (χ0) is 17.4. The van der Waals surface area contributed by atoms with Gasteiger partial charge in [-0.25, -0.2) is 4.98 Å². The Kier molecular flexibility index (Phi) is 4.15. The summed E-state index contributed by atoms with van der Waals surface area (Å²) in [7, 11) is 2.08. The highest BCUT2D eigenvalue weighted by atomic mass is 32.1. The van der Waals surface area contributed by atoms with Crippen LogP contribution in [0.4, 0.5) is 0 Å². The van der Waals surface area contributed by atoms with Gasteiger partial charge in [0.15, 0.2) is 0 Å². The maximum Gasteiger partial charge on any atom is 0.120 e. The fourth-order valence-electron chi connectivity index (χ4n) is 3.13. The van der Waals surface area contributed by atoms with Gasteiger partial charge in [-0.05, 0) is 42.9 Å². The molecule has 4 heteroatoms. The first-order valence-electron chi connectivity index (χ1n) is 8.39. The molecule has 0 unspecified atom stereocenters. The third-order valence-corrected chi connectivity index (χ3v) is 5.96. The fraction of sp³-hybridized carbons (Fsp3) is 0.190. The monoisotopic (exact) mass is 348 g/mol. The molecule has 0 aliphatic rings. The smallest absolute Gasteiger partial charge is 0.120 e. The summed E-state index contributed by atoms with van der Waals surface area (Å²) >= 11 is 1.74. The molecule has 0 amide bonds. The van der Waals surface area contributed by atoms with E-state index < -0.39 is 0 Å². The molecular formula is C21H20N2OS. The molecule has 0 aliphatic carbocycles. The first kappa shape index (κ1) is 16.1. The second-order valence-electron chi connectivity index (χ2n) is 6.40. The first-order valence-corrected chi connectivity index (χ1v) is 9.20. The summed E-state index contributed by atoms with van der Waals surface area (Å²) in [5.41, 5.74) is 2.02. The highest BCUT2D eigenvalue weighted by molar-refractivity contribution is 7.18. The summed E-state index contributed by atoms with van der Waals surface area (Å²) in [4.78, 5) is 7.01. The van der Waals surface area contributed by atoms with E-state index in [-0.39, 0.29) is 6.04 Å². The summed E-state index contributed by atoms with van der Waals surface area (Å²) in [5, 5.41) is 13.7. The number of phenolic OH excluding ortho intramolecular Hbond substituents is 1. The van der Waals surface area contributed by atoms with E-state index >= 15 is 0 Å². The number of aromatic nitrogens is 1. The SMILES string of the molecule is C[C@@H](c1nc2ccccc2s1)N(C)Cc1c(O)ccc2ccccc12. The largest absolute Gasteiger partial charge is 0.508 e. The maximum absolute atomic E-state index is 10.4. The van der Waals surface area contributed by atoms with E-state index in [1.807, 2.05) is 30.3 Å². The highest BCUT2D eigenvalue weighted by Gasteiger charge is 2.18. The van der Waals surface area contributed by atoms with E-state index in [0.717, 1.165) is 26.9 Å². The normalized spacial score (nSPS) is 12.9. The number of nitrogens with zero attached hydrogens (tertiary/aromatic N) is 2. The predicted octanol–water partition coefficient (Wildman–Crippen LogP) is 5.35. The lowest BCUT2D eigenvalue weighted by molar-refractivity contribution is 0.250. The zero-order valence-electron chi connectivity index (χ0n) is 14.3. The number of hydrogen-bond donors (Lipinski definition) is 1. The van der Waals surface area contributed by atoms with Gasteiger partial charge in [-0.1, -0.05) is 42.5 Å². The Morgan fingerprint density at radius 2 is 1.80 bits per heavy atom. The van der Waals surface area contributed by atoms with E-state index in [1.165, 1.54) is 4.70 Å². The Morgan fingerprint density at radius 1 is 1.04 bits per heavy atom. The Bertz CT molecular complexity index is 1010. The molecule has 25 heavy (non-hydrogen) atoms. The lowest BCUT2D eigenvalue weighted by Gasteiger charge is -2.24. The minimum atomic E-state index is 0.177. The second-order valence-corrected chi connectivity index (χ2v) is 7.46. The average Bonchev–Trinajstić information content (AvgIpc) is 3.07. The second kappa shape index (κ2) is 6.47. The van der Waals surface area contributed by atoms with Crippen molar-refractivity contribution in [1.82, 2.24) is 9.88 Å². The van der Waals surface area contributed by atoms with Crippen molar-refractivity contribution in [3.05, 3.63) is 71.2 Å². The van der Waals surface area contributed by atoms with E-state index in [1.54, 1.807) is 17.4 Å².